The number of hydrogen-bond acceptors (Lipinski definition) is 7. The second kappa shape index (κ2) is 4.21. The van der Waals surface area contributed by atoms with Gasteiger partial charge in [0.05, 0.1) is 20.8 Å². The van der Waals surface area contributed by atoms with E-state index in [2.05, 4.69) is 20.3 Å². The SMILES string of the molecule is COc1nc(N)c(C2=NCCN2)c(OC)n1. The number of anilines is 1. The highest BCUT2D eigenvalue weighted by Gasteiger charge is 2.20. The molecule has 0 saturated heterocycles. The second-order valence-electron chi connectivity index (χ2n) is 3.14. The van der Waals surface area contributed by atoms with Gasteiger partial charge in [-0.3, -0.25) is 4.99 Å². The number of ether oxygens (including phenoxy) is 2. The van der Waals surface area contributed by atoms with Crippen LogP contribution in [0.4, 0.5) is 5.82 Å². The molecule has 1 aliphatic rings. The number of hydrogen-bond donors (Lipinski definition) is 2. The van der Waals surface area contributed by atoms with Crippen molar-refractivity contribution in [3.63, 3.8) is 0 Å². The molecule has 0 unspecified atom stereocenters. The lowest BCUT2D eigenvalue weighted by molar-refractivity contribution is 0.352. The second-order valence-corrected chi connectivity index (χ2v) is 3.14. The Balaban J connectivity index is 2.50. The van der Waals surface area contributed by atoms with Crippen molar-refractivity contribution in [1.29, 1.82) is 0 Å². The van der Waals surface area contributed by atoms with Gasteiger partial charge in [-0.15, -0.1) is 0 Å². The third-order valence-electron chi connectivity index (χ3n) is 2.17. The third-order valence-corrected chi connectivity index (χ3v) is 2.17. The first-order valence-electron chi connectivity index (χ1n) is 4.80. The van der Waals surface area contributed by atoms with Gasteiger partial charge in [-0.2, -0.15) is 9.97 Å². The van der Waals surface area contributed by atoms with Crippen molar-refractivity contribution in [2.75, 3.05) is 33.0 Å². The smallest absolute Gasteiger partial charge is 0.321 e. The Hall–Kier alpha value is -2.05. The summed E-state index contributed by atoms with van der Waals surface area (Å²) in [6, 6.07) is 0.177. The van der Waals surface area contributed by atoms with Crippen molar-refractivity contribution < 1.29 is 9.47 Å². The van der Waals surface area contributed by atoms with Crippen molar-refractivity contribution in [2.24, 2.45) is 4.99 Å². The first kappa shape index (κ1) is 10.5. The van der Waals surface area contributed by atoms with E-state index < -0.39 is 0 Å². The van der Waals surface area contributed by atoms with E-state index in [4.69, 9.17) is 15.2 Å². The van der Waals surface area contributed by atoms with E-state index in [1.54, 1.807) is 0 Å². The van der Waals surface area contributed by atoms with Gasteiger partial charge in [-0.05, 0) is 0 Å². The van der Waals surface area contributed by atoms with Crippen LogP contribution in [0.2, 0.25) is 0 Å². The molecule has 0 spiro atoms. The number of nitrogens with one attached hydrogen (secondary N) is 1. The predicted octanol–water partition coefficient (Wildman–Crippen LogP) is -0.574. The summed E-state index contributed by atoms with van der Waals surface area (Å²) >= 11 is 0. The molecule has 7 heteroatoms. The number of nitrogen functional groups attached to an aromatic ring is 1. The zero-order valence-corrected chi connectivity index (χ0v) is 9.15. The highest BCUT2D eigenvalue weighted by Crippen LogP contribution is 2.24. The Bertz CT molecular complexity index is 432. The molecule has 0 saturated carbocycles. The maximum Gasteiger partial charge on any atom is 0.321 e. The maximum absolute atomic E-state index is 5.82. The Morgan fingerprint density at radius 1 is 1.25 bits per heavy atom. The molecule has 1 aromatic rings. The normalized spacial score (nSPS) is 14.2. The minimum absolute atomic E-state index is 0.177. The summed E-state index contributed by atoms with van der Waals surface area (Å²) in [4.78, 5) is 12.3. The van der Waals surface area contributed by atoms with Gasteiger partial charge in [0.15, 0.2) is 0 Å². The molecule has 2 rings (SSSR count). The molecule has 86 valence electrons. The zero-order chi connectivity index (χ0) is 11.5. The van der Waals surface area contributed by atoms with Gasteiger partial charge in [-0.1, -0.05) is 0 Å². The van der Waals surface area contributed by atoms with Gasteiger partial charge < -0.3 is 20.5 Å². The number of rotatable bonds is 3. The molecule has 0 bridgehead atoms. The zero-order valence-electron chi connectivity index (χ0n) is 9.15. The number of amidine groups is 1. The van der Waals surface area contributed by atoms with Gasteiger partial charge in [-0.25, -0.2) is 0 Å². The molecule has 0 amide bonds. The summed E-state index contributed by atoms with van der Waals surface area (Å²) in [6.07, 6.45) is 0. The number of aromatic nitrogens is 2. The molecule has 0 aromatic carbocycles. The van der Waals surface area contributed by atoms with E-state index in [0.717, 1.165) is 6.54 Å². The largest absolute Gasteiger partial charge is 0.480 e. The molecule has 7 nitrogen and oxygen atoms in total. The van der Waals surface area contributed by atoms with Gasteiger partial charge >= 0.3 is 6.01 Å². The summed E-state index contributed by atoms with van der Waals surface area (Å²) in [5, 5.41) is 3.10. The molecule has 0 fully saturated rings. The van der Waals surface area contributed by atoms with Crippen LogP contribution in [0.3, 0.4) is 0 Å². The van der Waals surface area contributed by atoms with Crippen molar-refractivity contribution in [3.05, 3.63) is 5.56 Å². The molecular formula is C9H13N5O2. The van der Waals surface area contributed by atoms with Crippen LogP contribution < -0.4 is 20.5 Å². The summed E-state index contributed by atoms with van der Waals surface area (Å²) in [7, 11) is 2.99. The van der Waals surface area contributed by atoms with Crippen molar-refractivity contribution in [1.82, 2.24) is 15.3 Å². The molecule has 16 heavy (non-hydrogen) atoms. The number of nitrogens with two attached hydrogens (primary N) is 1. The van der Waals surface area contributed by atoms with Gasteiger partial charge in [0, 0.05) is 6.54 Å². The fraction of sp³-hybridized carbons (Fsp3) is 0.444. The van der Waals surface area contributed by atoms with E-state index >= 15 is 0 Å². The average Bonchev–Trinajstić information content (AvgIpc) is 2.81. The van der Waals surface area contributed by atoms with Crippen LogP contribution in [-0.4, -0.2) is 43.1 Å². The number of methoxy groups -OCH3 is 2. The highest BCUT2D eigenvalue weighted by molar-refractivity contribution is 6.05. The van der Waals surface area contributed by atoms with E-state index in [0.29, 0.717) is 23.8 Å². The van der Waals surface area contributed by atoms with Crippen LogP contribution >= 0.6 is 0 Å². The van der Waals surface area contributed by atoms with Crippen LogP contribution in [-0.2, 0) is 0 Å². The first-order chi connectivity index (χ1) is 7.76. The molecule has 1 aromatic heterocycles. The first-order valence-corrected chi connectivity index (χ1v) is 4.80. The molecule has 0 aliphatic carbocycles. The summed E-state index contributed by atoms with van der Waals surface area (Å²) in [5.74, 6) is 1.31. The van der Waals surface area contributed by atoms with Gasteiger partial charge in [0.25, 0.3) is 0 Å². The van der Waals surface area contributed by atoms with Crippen molar-refractivity contribution >= 4 is 11.7 Å². The fourth-order valence-corrected chi connectivity index (χ4v) is 1.46. The average molecular weight is 223 g/mol. The van der Waals surface area contributed by atoms with Crippen LogP contribution in [0.1, 0.15) is 5.56 Å². The quantitative estimate of drug-likeness (QED) is 0.712. The lowest BCUT2D eigenvalue weighted by Gasteiger charge is -2.11. The molecule has 2 heterocycles. The standard InChI is InChI=1S/C9H13N5O2/c1-15-8-5(7-11-3-4-12-7)6(10)13-9(14-8)16-2/h3-4H2,1-2H3,(H,11,12)(H2,10,13,14). The Morgan fingerprint density at radius 3 is 2.62 bits per heavy atom. The van der Waals surface area contributed by atoms with Crippen LogP contribution in [0.15, 0.2) is 4.99 Å². The monoisotopic (exact) mass is 223 g/mol. The summed E-state index contributed by atoms with van der Waals surface area (Å²) in [5.41, 5.74) is 6.41. The van der Waals surface area contributed by atoms with E-state index in [1.165, 1.54) is 14.2 Å². The summed E-state index contributed by atoms with van der Waals surface area (Å²) in [6.45, 7) is 1.49. The van der Waals surface area contributed by atoms with E-state index in [9.17, 15) is 0 Å². The fourth-order valence-electron chi connectivity index (χ4n) is 1.46. The number of aliphatic imine (C=N–C) groups is 1. The highest BCUT2D eigenvalue weighted by atomic mass is 16.5. The van der Waals surface area contributed by atoms with E-state index in [1.807, 2.05) is 0 Å². The molecule has 1 aliphatic heterocycles. The topological polar surface area (TPSA) is 94.7 Å². The maximum atomic E-state index is 5.82. The minimum Gasteiger partial charge on any atom is -0.480 e. The molecular weight excluding hydrogens is 210 g/mol. The van der Waals surface area contributed by atoms with Crippen LogP contribution in [0, 0.1) is 0 Å². The van der Waals surface area contributed by atoms with Crippen LogP contribution in [0.5, 0.6) is 11.9 Å². The summed E-state index contributed by atoms with van der Waals surface area (Å²) < 4.78 is 10.1. The van der Waals surface area contributed by atoms with Gasteiger partial charge in [0.1, 0.15) is 17.2 Å². The third kappa shape index (κ3) is 1.71. The van der Waals surface area contributed by atoms with Gasteiger partial charge in [0.2, 0.25) is 5.88 Å². The minimum atomic E-state index is 0.177. The predicted molar refractivity (Wildman–Crippen MR) is 59.0 cm³/mol. The van der Waals surface area contributed by atoms with Crippen molar-refractivity contribution in [3.8, 4) is 11.9 Å². The molecule has 0 atom stereocenters. The van der Waals surface area contributed by atoms with Crippen LogP contribution in [0.25, 0.3) is 0 Å². The lowest BCUT2D eigenvalue weighted by Crippen LogP contribution is -2.22. The van der Waals surface area contributed by atoms with Crippen molar-refractivity contribution in [2.45, 2.75) is 0 Å². The molecule has 0 radical (unpaired) electrons. The van der Waals surface area contributed by atoms with E-state index in [-0.39, 0.29) is 11.8 Å². The Kier molecular flexibility index (Phi) is 2.76. The molecule has 3 N–H and O–H groups in total. The number of nitrogens with zero attached hydrogens (tertiary/aromatic N) is 3. The lowest BCUT2D eigenvalue weighted by atomic mass is 10.2. The Labute approximate surface area is 92.7 Å². The Morgan fingerprint density at radius 2 is 2.06 bits per heavy atom.